The number of nitro groups is 1. The number of aryl methyl sites for hydroxylation is 1. The summed E-state index contributed by atoms with van der Waals surface area (Å²) in [6.45, 7) is 3.18. The second-order valence-corrected chi connectivity index (χ2v) is 10.4. The average molecular weight is 538 g/mol. The van der Waals surface area contributed by atoms with Crippen molar-refractivity contribution in [3.8, 4) is 5.75 Å². The van der Waals surface area contributed by atoms with Crippen LogP contribution in [0.2, 0.25) is 5.02 Å². The van der Waals surface area contributed by atoms with Gasteiger partial charge in [0.2, 0.25) is 5.91 Å². The Morgan fingerprint density at radius 2 is 1.84 bits per heavy atom. The molecule has 38 heavy (non-hydrogen) atoms. The molecule has 0 aromatic heterocycles. The monoisotopic (exact) mass is 537 g/mol. The molecule has 5 rings (SSSR count). The number of hydrogen-bond acceptors (Lipinski definition) is 5. The summed E-state index contributed by atoms with van der Waals surface area (Å²) in [5.74, 6) is -1.39. The maximum absolute atomic E-state index is 13.8. The van der Waals surface area contributed by atoms with E-state index in [-0.39, 0.29) is 34.7 Å². The molecule has 2 aliphatic heterocycles. The van der Waals surface area contributed by atoms with Gasteiger partial charge < -0.3 is 14.9 Å². The number of carbonyl (C=O) groups is 2. The molecule has 0 bridgehead atoms. The van der Waals surface area contributed by atoms with Crippen molar-refractivity contribution < 1.29 is 24.0 Å². The fourth-order valence-corrected chi connectivity index (χ4v) is 5.70. The third-order valence-corrected chi connectivity index (χ3v) is 7.86. The van der Waals surface area contributed by atoms with E-state index in [0.717, 1.165) is 22.9 Å². The molecule has 196 valence electrons. The second-order valence-electron chi connectivity index (χ2n) is 9.98. The Morgan fingerprint density at radius 3 is 2.55 bits per heavy atom. The van der Waals surface area contributed by atoms with E-state index in [9.17, 15) is 29.2 Å². The van der Waals surface area contributed by atoms with E-state index >= 15 is 0 Å². The van der Waals surface area contributed by atoms with Gasteiger partial charge in [0, 0.05) is 41.8 Å². The number of likely N-dealkylation sites (tertiary alicyclic amines) is 1. The second kappa shape index (κ2) is 9.72. The zero-order valence-electron chi connectivity index (χ0n) is 20.6. The number of rotatable bonds is 4. The van der Waals surface area contributed by atoms with Crippen LogP contribution in [0.25, 0.3) is 0 Å². The van der Waals surface area contributed by atoms with Crippen LogP contribution < -0.4 is 4.90 Å². The van der Waals surface area contributed by atoms with Gasteiger partial charge in [0.15, 0.2) is 0 Å². The van der Waals surface area contributed by atoms with Gasteiger partial charge in [-0.25, -0.2) is 4.39 Å². The minimum Gasteiger partial charge on any atom is -0.508 e. The molecule has 1 spiro atoms. The predicted molar refractivity (Wildman–Crippen MR) is 140 cm³/mol. The molecule has 2 aliphatic rings. The van der Waals surface area contributed by atoms with Crippen molar-refractivity contribution in [2.75, 3.05) is 24.5 Å². The van der Waals surface area contributed by atoms with Gasteiger partial charge in [-0.15, -0.1) is 0 Å². The van der Waals surface area contributed by atoms with Crippen LogP contribution in [0, 0.1) is 22.9 Å². The van der Waals surface area contributed by atoms with Gasteiger partial charge in [0.25, 0.3) is 11.6 Å². The molecule has 2 amide bonds. The lowest BCUT2D eigenvalue weighted by molar-refractivity contribution is -0.385. The summed E-state index contributed by atoms with van der Waals surface area (Å²) in [5, 5.41) is 21.4. The van der Waals surface area contributed by atoms with Gasteiger partial charge >= 0.3 is 0 Å². The number of hydrogen-bond donors (Lipinski definition) is 1. The maximum Gasteiger partial charge on any atom is 0.273 e. The summed E-state index contributed by atoms with van der Waals surface area (Å²) in [6, 6.07) is 13.3. The van der Waals surface area contributed by atoms with Gasteiger partial charge in [-0.3, -0.25) is 19.7 Å². The van der Waals surface area contributed by atoms with Crippen LogP contribution in [-0.4, -0.2) is 46.4 Å². The van der Waals surface area contributed by atoms with Crippen LogP contribution in [0.15, 0.2) is 54.6 Å². The average Bonchev–Trinajstić information content (AvgIpc) is 3.19. The number of piperidine rings is 1. The zero-order chi connectivity index (χ0) is 27.2. The Labute approximate surface area is 223 Å². The van der Waals surface area contributed by atoms with Crippen LogP contribution in [0.5, 0.6) is 5.75 Å². The Bertz CT molecular complexity index is 1470. The van der Waals surface area contributed by atoms with E-state index in [1.165, 1.54) is 30.3 Å². The smallest absolute Gasteiger partial charge is 0.273 e. The van der Waals surface area contributed by atoms with E-state index in [1.54, 1.807) is 9.80 Å². The predicted octanol–water partition coefficient (Wildman–Crippen LogP) is 5.16. The van der Waals surface area contributed by atoms with Crippen molar-refractivity contribution in [2.24, 2.45) is 0 Å². The minimum atomic E-state index is -0.651. The summed E-state index contributed by atoms with van der Waals surface area (Å²) in [4.78, 5) is 40.4. The van der Waals surface area contributed by atoms with E-state index in [0.29, 0.717) is 43.1 Å². The molecule has 1 saturated heterocycles. The van der Waals surface area contributed by atoms with E-state index in [1.807, 2.05) is 19.1 Å². The Hall–Kier alpha value is -3.98. The molecule has 0 unspecified atom stereocenters. The molecule has 1 fully saturated rings. The number of nitrogens with zero attached hydrogens (tertiary/aromatic N) is 3. The van der Waals surface area contributed by atoms with Crippen molar-refractivity contribution in [1.29, 1.82) is 0 Å². The van der Waals surface area contributed by atoms with E-state index < -0.39 is 16.6 Å². The summed E-state index contributed by atoms with van der Waals surface area (Å²) in [5.41, 5.74) is 2.65. The fourth-order valence-electron chi connectivity index (χ4n) is 5.51. The van der Waals surface area contributed by atoms with Gasteiger partial charge in [-0.1, -0.05) is 29.3 Å². The van der Waals surface area contributed by atoms with Crippen molar-refractivity contribution in [1.82, 2.24) is 4.90 Å². The number of phenolic OH excluding ortho intramolecular Hbond substituents is 1. The molecule has 3 aromatic rings. The number of phenols is 1. The molecule has 8 nitrogen and oxygen atoms in total. The highest BCUT2D eigenvalue weighted by Crippen LogP contribution is 2.48. The van der Waals surface area contributed by atoms with Gasteiger partial charge in [-0.2, -0.15) is 0 Å². The molecule has 0 atom stereocenters. The number of fused-ring (bicyclic) bond motifs is 2. The molecule has 0 radical (unpaired) electrons. The third-order valence-electron chi connectivity index (χ3n) is 7.49. The quantitative estimate of drug-likeness (QED) is 0.365. The Morgan fingerprint density at radius 1 is 1.11 bits per heavy atom. The number of halogens is 2. The summed E-state index contributed by atoms with van der Waals surface area (Å²) >= 11 is 6.22. The first-order chi connectivity index (χ1) is 18.1. The highest BCUT2D eigenvalue weighted by atomic mass is 35.5. The van der Waals surface area contributed by atoms with Crippen molar-refractivity contribution in [3.63, 3.8) is 0 Å². The number of aromatic hydroxyl groups is 1. The lowest BCUT2D eigenvalue weighted by Crippen LogP contribution is -2.48. The normalized spacial score (nSPS) is 16.0. The standard InChI is InChI=1S/C28H25ClFN3O5/c1-17-2-5-25-23(10-17)28(16-32(25)26(35)14-18-11-20(30)3-4-24(18)29)6-8-31(9-7-28)27(36)19-12-21(33(37)38)15-22(34)13-19/h2-5,10-13,15,34H,6-9,14,16H2,1H3. The number of nitro benzene ring substituents is 1. The van der Waals surface area contributed by atoms with Crippen LogP contribution in [0.4, 0.5) is 15.8 Å². The number of carbonyl (C=O) groups excluding carboxylic acids is 2. The Balaban J connectivity index is 1.37. The van der Waals surface area contributed by atoms with Gasteiger partial charge in [-0.05, 0) is 61.2 Å². The lowest BCUT2D eigenvalue weighted by atomic mass is 9.74. The Kier molecular flexibility index (Phi) is 6.56. The molecule has 10 heteroatoms. The van der Waals surface area contributed by atoms with Crippen LogP contribution in [0.3, 0.4) is 0 Å². The molecular formula is C28H25ClFN3O5. The zero-order valence-corrected chi connectivity index (χ0v) is 21.4. The first-order valence-corrected chi connectivity index (χ1v) is 12.6. The first kappa shape index (κ1) is 25.7. The molecule has 0 aliphatic carbocycles. The van der Waals surface area contributed by atoms with Crippen molar-refractivity contribution in [3.05, 3.63) is 97.8 Å². The number of amides is 2. The molecule has 3 aromatic carbocycles. The number of anilines is 1. The van der Waals surface area contributed by atoms with Crippen molar-refractivity contribution >= 4 is 34.8 Å². The molecule has 1 N–H and O–H groups in total. The molecule has 2 heterocycles. The van der Waals surface area contributed by atoms with Gasteiger partial charge in [0.05, 0.1) is 23.0 Å². The van der Waals surface area contributed by atoms with E-state index in [4.69, 9.17) is 11.6 Å². The molecule has 0 saturated carbocycles. The van der Waals surface area contributed by atoms with Crippen LogP contribution in [0.1, 0.15) is 39.9 Å². The fraction of sp³-hybridized carbons (Fsp3) is 0.286. The highest BCUT2D eigenvalue weighted by molar-refractivity contribution is 6.31. The first-order valence-electron chi connectivity index (χ1n) is 12.2. The third kappa shape index (κ3) is 4.69. The highest BCUT2D eigenvalue weighted by Gasteiger charge is 2.47. The van der Waals surface area contributed by atoms with Gasteiger partial charge in [0.1, 0.15) is 11.6 Å². The summed E-state index contributed by atoms with van der Waals surface area (Å²) < 4.78 is 13.8. The van der Waals surface area contributed by atoms with Crippen LogP contribution in [-0.2, 0) is 16.6 Å². The maximum atomic E-state index is 13.8. The number of non-ortho nitro benzene ring substituents is 1. The summed E-state index contributed by atoms with van der Waals surface area (Å²) in [7, 11) is 0. The summed E-state index contributed by atoms with van der Waals surface area (Å²) in [6.07, 6.45) is 1.13. The van der Waals surface area contributed by atoms with Crippen LogP contribution >= 0.6 is 11.6 Å². The molecular weight excluding hydrogens is 513 g/mol. The number of benzene rings is 3. The minimum absolute atomic E-state index is 0.0408. The van der Waals surface area contributed by atoms with Crippen molar-refractivity contribution in [2.45, 2.75) is 31.6 Å². The lowest BCUT2D eigenvalue weighted by Gasteiger charge is -2.40. The topological polar surface area (TPSA) is 104 Å². The van der Waals surface area contributed by atoms with E-state index in [2.05, 4.69) is 6.07 Å². The SMILES string of the molecule is Cc1ccc2c(c1)C1(CCN(C(=O)c3cc(O)cc([N+](=O)[O-])c3)CC1)CN2C(=O)Cc1cc(F)ccc1Cl. The largest absolute Gasteiger partial charge is 0.508 e.